The number of likely N-dealkylation sites (tertiary alicyclic amines) is 1. The Balaban J connectivity index is 1.51. The number of nitrogens with one attached hydrogen (secondary N) is 2. The van der Waals surface area contributed by atoms with Crippen molar-refractivity contribution in [2.75, 3.05) is 23.8 Å². The Morgan fingerprint density at radius 1 is 1.11 bits per heavy atom. The molecule has 1 spiro atoms. The van der Waals surface area contributed by atoms with Crippen LogP contribution in [-0.4, -0.2) is 56.4 Å². The Morgan fingerprint density at radius 2 is 1.86 bits per heavy atom. The number of aliphatic hydroxyl groups is 1. The van der Waals surface area contributed by atoms with Gasteiger partial charge in [0.1, 0.15) is 6.04 Å². The van der Waals surface area contributed by atoms with Gasteiger partial charge in [-0.1, -0.05) is 41.9 Å². The summed E-state index contributed by atoms with van der Waals surface area (Å²) in [6, 6.07) is 13.9. The lowest BCUT2D eigenvalue weighted by Crippen LogP contribution is -2.52. The van der Waals surface area contributed by atoms with Gasteiger partial charge in [0.15, 0.2) is 0 Å². The molecule has 3 N–H and O–H groups in total. The molecule has 190 valence electrons. The van der Waals surface area contributed by atoms with Gasteiger partial charge in [0.05, 0.1) is 27.3 Å². The number of fused-ring (bicyclic) bond motifs is 1. The number of carbonyl (C=O) groups excluding carboxylic acids is 3. The molecular weight excluding hydrogens is 498 g/mol. The number of hydrogen-bond acceptors (Lipinski definition) is 5. The fourth-order valence-corrected chi connectivity index (χ4v) is 8.96. The van der Waals surface area contributed by atoms with Crippen molar-refractivity contribution < 1.29 is 19.5 Å². The van der Waals surface area contributed by atoms with E-state index in [1.54, 1.807) is 22.7 Å². The normalized spacial score (nSPS) is 30.4. The second-order valence-corrected chi connectivity index (χ2v) is 12.4. The smallest absolute Gasteiger partial charge is 0.248 e. The van der Waals surface area contributed by atoms with E-state index in [-0.39, 0.29) is 30.9 Å². The van der Waals surface area contributed by atoms with Gasteiger partial charge in [-0.3, -0.25) is 14.4 Å². The highest BCUT2D eigenvalue weighted by atomic mass is 35.5. The number of carbonyl (C=O) groups is 3. The highest BCUT2D eigenvalue weighted by Crippen LogP contribution is 2.71. The van der Waals surface area contributed by atoms with Crippen LogP contribution in [0.25, 0.3) is 0 Å². The average Bonchev–Trinajstić information content (AvgIpc) is 3.41. The highest BCUT2D eigenvalue weighted by molar-refractivity contribution is 8.02. The molecule has 0 radical (unpaired) electrons. The Bertz CT molecular complexity index is 1190. The number of amides is 3. The highest BCUT2D eigenvalue weighted by Gasteiger charge is 2.77. The van der Waals surface area contributed by atoms with Crippen molar-refractivity contribution in [2.45, 2.75) is 48.6 Å². The second-order valence-electron chi connectivity index (χ2n) is 10.1. The first-order chi connectivity index (χ1) is 17.2. The first-order valence-electron chi connectivity index (χ1n) is 12.3. The van der Waals surface area contributed by atoms with Crippen LogP contribution in [0.3, 0.4) is 0 Å². The van der Waals surface area contributed by atoms with E-state index < -0.39 is 27.4 Å². The van der Waals surface area contributed by atoms with E-state index in [1.165, 1.54) is 0 Å². The maximum atomic E-state index is 13.9. The molecule has 3 aliphatic rings. The number of halogens is 1. The quantitative estimate of drug-likeness (QED) is 0.504. The number of nitrogens with zero attached hydrogens (tertiary/aromatic N) is 1. The number of para-hydroxylation sites is 2. The molecule has 3 aliphatic heterocycles. The summed E-state index contributed by atoms with van der Waals surface area (Å²) < 4.78 is -1.18. The van der Waals surface area contributed by atoms with Gasteiger partial charge in [-0.25, -0.2) is 0 Å². The molecule has 2 aromatic carbocycles. The van der Waals surface area contributed by atoms with E-state index in [0.29, 0.717) is 29.2 Å². The van der Waals surface area contributed by atoms with Crippen molar-refractivity contribution in [2.24, 2.45) is 11.8 Å². The van der Waals surface area contributed by atoms with E-state index >= 15 is 0 Å². The predicted octanol–water partition coefficient (Wildman–Crippen LogP) is 4.09. The fourth-order valence-electron chi connectivity index (χ4n) is 6.33. The third-order valence-electron chi connectivity index (χ3n) is 7.88. The summed E-state index contributed by atoms with van der Waals surface area (Å²) in [4.78, 5) is 43.0. The first-order valence-corrected chi connectivity index (χ1v) is 13.4. The minimum atomic E-state index is -0.765. The van der Waals surface area contributed by atoms with E-state index in [0.717, 1.165) is 12.0 Å². The molecule has 0 aliphatic carbocycles. The molecule has 3 heterocycles. The zero-order valence-corrected chi connectivity index (χ0v) is 21.9. The monoisotopic (exact) mass is 527 g/mol. The van der Waals surface area contributed by atoms with Crippen molar-refractivity contribution in [3.05, 3.63) is 59.1 Å². The molecule has 2 aromatic rings. The van der Waals surface area contributed by atoms with Crippen molar-refractivity contribution >= 4 is 52.5 Å². The third kappa shape index (κ3) is 3.90. The molecule has 2 bridgehead atoms. The van der Waals surface area contributed by atoms with Gasteiger partial charge in [-0.05, 0) is 56.9 Å². The van der Waals surface area contributed by atoms with Crippen LogP contribution in [0, 0.1) is 18.8 Å². The molecule has 0 aromatic heterocycles. The average molecular weight is 528 g/mol. The maximum Gasteiger partial charge on any atom is 0.248 e. The molecule has 9 heteroatoms. The van der Waals surface area contributed by atoms with Crippen molar-refractivity contribution in [1.82, 2.24) is 4.90 Å². The van der Waals surface area contributed by atoms with E-state index in [9.17, 15) is 19.5 Å². The standard InChI is InChI=1S/C27H30ClN3O4S/c1-16-8-6-11-18(28)21(16)30-24(34)22-27-13-12-26(2,36-27)19(20(27)25(35)31(22)14-7-15-32)23(33)29-17-9-4-3-5-10-17/h3-6,8-11,19-20,22,32H,7,12-15H2,1-2H3,(H,29,33)(H,30,34)/t19-,20-,22?,26+,27?/m0/s1. The van der Waals surface area contributed by atoms with Crippen molar-refractivity contribution in [3.63, 3.8) is 0 Å². The SMILES string of the molecule is Cc1cccc(Cl)c1NC(=O)C1N(CCCO)C(=O)[C@@H]2[C@@H](C(=O)Nc3ccccc3)[C@@]3(C)CCC12S3. The van der Waals surface area contributed by atoms with Gasteiger partial charge >= 0.3 is 0 Å². The zero-order chi connectivity index (χ0) is 25.7. The van der Waals surface area contributed by atoms with Crippen LogP contribution in [0.2, 0.25) is 5.02 Å². The minimum Gasteiger partial charge on any atom is -0.396 e. The lowest BCUT2D eigenvalue weighted by molar-refractivity contribution is -0.139. The zero-order valence-electron chi connectivity index (χ0n) is 20.3. The molecule has 3 saturated heterocycles. The van der Waals surface area contributed by atoms with Crippen molar-refractivity contribution in [1.29, 1.82) is 0 Å². The molecule has 36 heavy (non-hydrogen) atoms. The summed E-state index contributed by atoms with van der Waals surface area (Å²) in [6.07, 6.45) is 1.75. The molecular formula is C27H30ClN3O4S. The minimum absolute atomic E-state index is 0.0951. The molecule has 7 nitrogen and oxygen atoms in total. The predicted molar refractivity (Wildman–Crippen MR) is 142 cm³/mol. The Morgan fingerprint density at radius 3 is 2.56 bits per heavy atom. The van der Waals surface area contributed by atoms with Gasteiger partial charge < -0.3 is 20.6 Å². The molecule has 0 saturated carbocycles. The number of hydrogen-bond donors (Lipinski definition) is 3. The number of aliphatic hydroxyl groups excluding tert-OH is 1. The number of aryl methyl sites for hydroxylation is 1. The van der Waals surface area contributed by atoms with E-state index in [2.05, 4.69) is 10.6 Å². The van der Waals surface area contributed by atoms with E-state index in [1.807, 2.05) is 56.3 Å². The van der Waals surface area contributed by atoms with Crippen LogP contribution in [0.5, 0.6) is 0 Å². The van der Waals surface area contributed by atoms with Crippen LogP contribution in [0.4, 0.5) is 11.4 Å². The van der Waals surface area contributed by atoms with Gasteiger partial charge in [-0.15, -0.1) is 11.8 Å². The van der Waals surface area contributed by atoms with Gasteiger partial charge in [-0.2, -0.15) is 0 Å². The molecule has 5 atom stereocenters. The topological polar surface area (TPSA) is 98.7 Å². The summed E-state index contributed by atoms with van der Waals surface area (Å²) in [5.74, 6) is -1.88. The number of benzene rings is 2. The Kier molecular flexibility index (Phi) is 6.55. The number of rotatable bonds is 7. The van der Waals surface area contributed by atoms with Crippen LogP contribution in [-0.2, 0) is 14.4 Å². The molecule has 5 rings (SSSR count). The summed E-state index contributed by atoms with van der Waals surface area (Å²) >= 11 is 8.01. The fraction of sp³-hybridized carbons (Fsp3) is 0.444. The Hall–Kier alpha value is -2.55. The summed E-state index contributed by atoms with van der Waals surface area (Å²) in [5.41, 5.74) is 2.03. The Labute approximate surface area is 220 Å². The number of thioether (sulfide) groups is 1. The van der Waals surface area contributed by atoms with Gasteiger partial charge in [0, 0.05) is 23.6 Å². The van der Waals surface area contributed by atoms with Crippen LogP contribution in [0.1, 0.15) is 31.7 Å². The largest absolute Gasteiger partial charge is 0.396 e. The lowest BCUT2D eigenvalue weighted by Gasteiger charge is -2.35. The van der Waals surface area contributed by atoms with Crippen LogP contribution in [0.15, 0.2) is 48.5 Å². The summed E-state index contributed by atoms with van der Waals surface area (Å²) in [7, 11) is 0. The van der Waals surface area contributed by atoms with Gasteiger partial charge in [0.25, 0.3) is 0 Å². The lowest BCUT2D eigenvalue weighted by atomic mass is 9.66. The molecule has 3 amide bonds. The molecule has 3 fully saturated rings. The van der Waals surface area contributed by atoms with Crippen molar-refractivity contribution in [3.8, 4) is 0 Å². The first kappa shape index (κ1) is 25.1. The summed E-state index contributed by atoms with van der Waals surface area (Å²) in [5, 5.41) is 15.9. The van der Waals surface area contributed by atoms with Gasteiger partial charge in [0.2, 0.25) is 17.7 Å². The second kappa shape index (κ2) is 9.39. The maximum absolute atomic E-state index is 13.9. The third-order valence-corrected chi connectivity index (χ3v) is 10.2. The van der Waals surface area contributed by atoms with Crippen LogP contribution >= 0.6 is 23.4 Å². The molecule has 2 unspecified atom stereocenters. The van der Waals surface area contributed by atoms with Crippen LogP contribution < -0.4 is 10.6 Å². The summed E-state index contributed by atoms with van der Waals surface area (Å²) in [6.45, 7) is 4.06. The van der Waals surface area contributed by atoms with E-state index in [4.69, 9.17) is 11.6 Å². The number of anilines is 2.